The summed E-state index contributed by atoms with van der Waals surface area (Å²) in [7, 11) is 2.07. The van der Waals surface area contributed by atoms with Crippen molar-refractivity contribution < 1.29 is 18.3 Å². The molecule has 1 aliphatic carbocycles. The van der Waals surface area contributed by atoms with Crippen molar-refractivity contribution in [3.8, 4) is 11.8 Å². The van der Waals surface area contributed by atoms with Crippen LogP contribution in [0.15, 0.2) is 36.8 Å². The van der Waals surface area contributed by atoms with Crippen molar-refractivity contribution in [3.05, 3.63) is 53.7 Å². The first-order chi connectivity index (χ1) is 18.4. The number of fused-ring (bicyclic) bond motifs is 1. The maximum atomic E-state index is 13.7. The van der Waals surface area contributed by atoms with Crippen LogP contribution in [0.1, 0.15) is 36.2 Å². The number of morpholine rings is 1. The third kappa shape index (κ3) is 4.79. The van der Waals surface area contributed by atoms with Crippen molar-refractivity contribution in [1.82, 2.24) is 19.9 Å². The van der Waals surface area contributed by atoms with E-state index in [4.69, 9.17) is 4.74 Å². The number of ether oxygens (including phenoxy) is 1. The van der Waals surface area contributed by atoms with Crippen LogP contribution < -0.4 is 10.2 Å². The number of alkyl halides is 2. The molecule has 0 aromatic carbocycles. The summed E-state index contributed by atoms with van der Waals surface area (Å²) in [5, 5.41) is 3.57. The van der Waals surface area contributed by atoms with E-state index in [2.05, 4.69) is 49.0 Å². The van der Waals surface area contributed by atoms with Gasteiger partial charge in [0.25, 0.3) is 6.43 Å². The van der Waals surface area contributed by atoms with Crippen LogP contribution in [0, 0.1) is 23.2 Å². The highest BCUT2D eigenvalue weighted by Crippen LogP contribution is 2.58. The van der Waals surface area contributed by atoms with Crippen molar-refractivity contribution in [1.29, 1.82) is 0 Å². The number of nitrogens with one attached hydrogen (secondary N) is 1. The second-order valence-electron chi connectivity index (χ2n) is 10.3. The number of hydrogen-bond donors (Lipinski definition) is 1. The topological polar surface area (TPSA) is 83.5 Å². The summed E-state index contributed by atoms with van der Waals surface area (Å²) in [6, 6.07) is 5.40. The van der Waals surface area contributed by atoms with Gasteiger partial charge in [-0.1, -0.05) is 5.92 Å². The Morgan fingerprint density at radius 2 is 1.95 bits per heavy atom. The van der Waals surface area contributed by atoms with Crippen LogP contribution in [0.4, 0.5) is 20.3 Å². The molecule has 10 heteroatoms. The van der Waals surface area contributed by atoms with E-state index >= 15 is 0 Å². The molecule has 2 atom stereocenters. The number of aromatic nitrogens is 3. The number of anilines is 2. The lowest BCUT2D eigenvalue weighted by Crippen LogP contribution is -2.36. The highest BCUT2D eigenvalue weighted by molar-refractivity contribution is 5.97. The Morgan fingerprint density at radius 1 is 1.11 bits per heavy atom. The molecule has 6 rings (SSSR count). The Kier molecular flexibility index (Phi) is 6.41. The largest absolute Gasteiger partial charge is 0.378 e. The van der Waals surface area contributed by atoms with Crippen LogP contribution in [-0.2, 0) is 9.53 Å². The van der Waals surface area contributed by atoms with Crippen molar-refractivity contribution in [2.75, 3.05) is 56.7 Å². The van der Waals surface area contributed by atoms with Gasteiger partial charge in [0.2, 0.25) is 5.91 Å². The summed E-state index contributed by atoms with van der Waals surface area (Å²) in [6.45, 7) is 4.91. The molecule has 196 valence electrons. The molecule has 0 unspecified atom stereocenters. The second kappa shape index (κ2) is 9.89. The monoisotopic (exact) mass is 518 g/mol. The van der Waals surface area contributed by atoms with Gasteiger partial charge in [-0.25, -0.2) is 18.7 Å². The molecule has 3 aliphatic rings. The molecule has 2 aliphatic heterocycles. The number of carbonyl (C=O) groups is 1. The highest BCUT2D eigenvalue weighted by Gasteiger charge is 2.60. The van der Waals surface area contributed by atoms with E-state index < -0.39 is 6.43 Å². The Morgan fingerprint density at radius 3 is 2.66 bits per heavy atom. The van der Waals surface area contributed by atoms with Gasteiger partial charge in [0.15, 0.2) is 0 Å². The second-order valence-corrected chi connectivity index (χ2v) is 10.3. The predicted octanol–water partition coefficient (Wildman–Crippen LogP) is 3.48. The lowest BCUT2D eigenvalue weighted by atomic mass is 10.0. The summed E-state index contributed by atoms with van der Waals surface area (Å²) in [6.07, 6.45) is 3.57. The standard InChI is InChI=1S/C28H28F2N6O2/c1-35-7-6-28(17-35)13-23(28)27(37)34-24-12-21-18(14-33-25(26(29)30)22(21)16-32-24)2-3-19-4-5-20(15-31-19)36-8-10-38-11-9-36/h4-5,12,14-16,23,26H,6-11,13,17H2,1H3,(H,32,34,37)/t23-,28-/m1/s1. The molecular weight excluding hydrogens is 490 g/mol. The fourth-order valence-electron chi connectivity index (χ4n) is 5.59. The molecule has 1 amide bonds. The van der Waals surface area contributed by atoms with Gasteiger partial charge in [-0.05, 0) is 56.0 Å². The van der Waals surface area contributed by atoms with Crippen molar-refractivity contribution in [3.63, 3.8) is 0 Å². The van der Waals surface area contributed by atoms with Gasteiger partial charge in [0, 0.05) is 48.7 Å². The van der Waals surface area contributed by atoms with Crippen LogP contribution in [0.2, 0.25) is 0 Å². The molecule has 2 saturated heterocycles. The van der Waals surface area contributed by atoms with Gasteiger partial charge in [0.1, 0.15) is 17.2 Å². The molecule has 3 aromatic heterocycles. The number of halogens is 2. The molecule has 5 heterocycles. The first kappa shape index (κ1) is 24.6. The molecular formula is C28H28F2N6O2. The lowest BCUT2D eigenvalue weighted by Gasteiger charge is -2.28. The van der Waals surface area contributed by atoms with Crippen LogP contribution in [0.25, 0.3) is 10.8 Å². The van der Waals surface area contributed by atoms with E-state index in [0.717, 1.165) is 44.7 Å². The zero-order valence-corrected chi connectivity index (χ0v) is 21.1. The molecule has 3 aromatic rings. The Hall–Kier alpha value is -3.68. The Bertz CT molecular complexity index is 1430. The number of amides is 1. The summed E-state index contributed by atoms with van der Waals surface area (Å²) >= 11 is 0. The minimum atomic E-state index is -2.76. The van der Waals surface area contributed by atoms with E-state index in [1.54, 1.807) is 12.3 Å². The van der Waals surface area contributed by atoms with Crippen LogP contribution >= 0.6 is 0 Å². The van der Waals surface area contributed by atoms with E-state index in [9.17, 15) is 13.6 Å². The average molecular weight is 519 g/mol. The predicted molar refractivity (Wildman–Crippen MR) is 139 cm³/mol. The smallest absolute Gasteiger partial charge is 0.281 e. The average Bonchev–Trinajstić information content (AvgIpc) is 3.52. The highest BCUT2D eigenvalue weighted by atomic mass is 19.3. The van der Waals surface area contributed by atoms with Crippen molar-refractivity contribution in [2.45, 2.75) is 19.3 Å². The number of hydrogen-bond acceptors (Lipinski definition) is 7. The van der Waals surface area contributed by atoms with Crippen LogP contribution in [0.5, 0.6) is 0 Å². The summed E-state index contributed by atoms with van der Waals surface area (Å²) in [5.41, 5.74) is 1.71. The van der Waals surface area contributed by atoms with Gasteiger partial charge in [0.05, 0.1) is 30.7 Å². The molecule has 8 nitrogen and oxygen atoms in total. The zero-order valence-electron chi connectivity index (χ0n) is 21.1. The molecule has 0 bridgehead atoms. The number of nitrogens with zero attached hydrogens (tertiary/aromatic N) is 5. The van der Waals surface area contributed by atoms with Gasteiger partial charge < -0.3 is 19.9 Å². The SMILES string of the molecule is CN1CC[C@@]2(C[C@@H]2C(=O)Nc2cc3c(C#Cc4ccc(N5CCOCC5)cn4)cnc(C(F)F)c3cn2)C1. The number of carbonyl (C=O) groups excluding carboxylic acids is 1. The van der Waals surface area contributed by atoms with Crippen LogP contribution in [-0.4, -0.2) is 72.2 Å². The minimum Gasteiger partial charge on any atom is -0.378 e. The lowest BCUT2D eigenvalue weighted by molar-refractivity contribution is -0.118. The first-order valence-corrected chi connectivity index (χ1v) is 12.8. The molecule has 38 heavy (non-hydrogen) atoms. The van der Waals surface area contributed by atoms with Crippen LogP contribution in [0.3, 0.4) is 0 Å². The molecule has 3 fully saturated rings. The fourth-order valence-corrected chi connectivity index (χ4v) is 5.59. The van der Waals surface area contributed by atoms with Gasteiger partial charge in [-0.2, -0.15) is 0 Å². The van der Waals surface area contributed by atoms with Crippen molar-refractivity contribution in [2.24, 2.45) is 11.3 Å². The molecule has 1 saturated carbocycles. The van der Waals surface area contributed by atoms with Crippen molar-refractivity contribution >= 4 is 28.2 Å². The maximum absolute atomic E-state index is 13.7. The number of rotatable bonds is 4. The number of likely N-dealkylation sites (tertiary alicyclic amines) is 1. The van der Waals surface area contributed by atoms with E-state index in [1.807, 2.05) is 12.1 Å². The molecule has 1 spiro atoms. The third-order valence-electron chi connectivity index (χ3n) is 7.79. The van der Waals surface area contributed by atoms with E-state index in [-0.39, 0.29) is 28.3 Å². The third-order valence-corrected chi connectivity index (χ3v) is 7.79. The maximum Gasteiger partial charge on any atom is 0.281 e. The number of pyridine rings is 3. The quantitative estimate of drug-likeness (QED) is 0.530. The van der Waals surface area contributed by atoms with E-state index in [0.29, 0.717) is 35.7 Å². The molecule has 1 N–H and O–H groups in total. The summed E-state index contributed by atoms with van der Waals surface area (Å²) in [5.74, 6) is 6.23. The molecule has 0 radical (unpaired) electrons. The van der Waals surface area contributed by atoms with Gasteiger partial charge >= 0.3 is 0 Å². The Balaban J connectivity index is 1.25. The Labute approximate surface area is 219 Å². The first-order valence-electron chi connectivity index (χ1n) is 12.8. The minimum absolute atomic E-state index is 0.0511. The van der Waals surface area contributed by atoms with E-state index in [1.165, 1.54) is 12.4 Å². The van der Waals surface area contributed by atoms with Gasteiger partial charge in [-0.15, -0.1) is 0 Å². The summed E-state index contributed by atoms with van der Waals surface area (Å²) in [4.78, 5) is 30.0. The zero-order chi connectivity index (χ0) is 26.3. The normalized spacial score (nSPS) is 23.1. The fraction of sp³-hybridized carbons (Fsp3) is 0.429. The summed E-state index contributed by atoms with van der Waals surface area (Å²) < 4.78 is 32.7. The van der Waals surface area contributed by atoms with Gasteiger partial charge in [-0.3, -0.25) is 9.78 Å².